The van der Waals surface area contributed by atoms with Crippen LogP contribution in [0.2, 0.25) is 10.0 Å². The molecule has 1 aromatic heterocycles. The van der Waals surface area contributed by atoms with E-state index in [1.165, 1.54) is 0 Å². The summed E-state index contributed by atoms with van der Waals surface area (Å²) in [5.41, 5.74) is 6.91. The number of H-pyrrole nitrogens is 1. The third kappa shape index (κ3) is 1.56. The van der Waals surface area contributed by atoms with Crippen molar-refractivity contribution in [3.63, 3.8) is 0 Å². The molecule has 0 spiro atoms. The van der Waals surface area contributed by atoms with Gasteiger partial charge in [-0.05, 0) is 12.1 Å². The highest BCUT2D eigenvalue weighted by molar-refractivity contribution is 6.39. The highest BCUT2D eigenvalue weighted by atomic mass is 35.5. The normalized spacial score (nSPS) is 10.4. The molecule has 3 N–H and O–H groups in total. The molecule has 0 saturated heterocycles. The van der Waals surface area contributed by atoms with E-state index >= 15 is 0 Å². The molecule has 0 radical (unpaired) electrons. The molecule has 0 aliphatic heterocycles. The molecule has 72 valence electrons. The van der Waals surface area contributed by atoms with Crippen molar-refractivity contribution in [3.05, 3.63) is 34.4 Å². The Bertz CT molecular complexity index is 445. The minimum absolute atomic E-state index is 0.344. The van der Waals surface area contributed by atoms with E-state index in [4.69, 9.17) is 28.9 Å². The Hall–Kier alpha value is -1.19. The van der Waals surface area contributed by atoms with Crippen LogP contribution in [0.3, 0.4) is 0 Å². The molecule has 0 fully saturated rings. The lowest BCUT2D eigenvalue weighted by Gasteiger charge is -2.02. The van der Waals surface area contributed by atoms with Gasteiger partial charge in [-0.3, -0.25) is 0 Å². The average molecular weight is 228 g/mol. The van der Waals surface area contributed by atoms with Gasteiger partial charge >= 0.3 is 0 Å². The predicted octanol–water partition coefficient (Wildman–Crippen LogP) is 2.97. The number of rotatable bonds is 1. The summed E-state index contributed by atoms with van der Waals surface area (Å²) in [4.78, 5) is 6.75. The van der Waals surface area contributed by atoms with E-state index in [9.17, 15) is 0 Å². The molecule has 14 heavy (non-hydrogen) atoms. The standard InChI is InChI=1S/C9H7Cl2N3/c10-5-2-1-3-6(11)8(5)7-4-13-9(12)14-7/h1-4H,(H3,12,13,14). The predicted molar refractivity (Wildman–Crippen MR) is 58.5 cm³/mol. The van der Waals surface area contributed by atoms with Crippen molar-refractivity contribution in [3.8, 4) is 11.3 Å². The number of nitrogens with one attached hydrogen (secondary N) is 1. The molecule has 0 bridgehead atoms. The van der Waals surface area contributed by atoms with Gasteiger partial charge < -0.3 is 10.7 Å². The maximum absolute atomic E-state index is 6.00. The molecule has 0 amide bonds. The minimum atomic E-state index is 0.344. The van der Waals surface area contributed by atoms with Gasteiger partial charge in [-0.15, -0.1) is 0 Å². The first-order valence-corrected chi connectivity index (χ1v) is 4.69. The van der Waals surface area contributed by atoms with Crippen LogP contribution in [0, 0.1) is 0 Å². The first-order valence-electron chi connectivity index (χ1n) is 3.93. The molecule has 1 aromatic carbocycles. The van der Waals surface area contributed by atoms with Crippen LogP contribution in [0.1, 0.15) is 0 Å². The van der Waals surface area contributed by atoms with Crippen LogP contribution in [-0.4, -0.2) is 9.97 Å². The average Bonchev–Trinajstić information content (AvgIpc) is 2.51. The smallest absolute Gasteiger partial charge is 0.197 e. The number of benzene rings is 1. The van der Waals surface area contributed by atoms with Gasteiger partial charge in [0.15, 0.2) is 5.95 Å². The van der Waals surface area contributed by atoms with E-state index in [2.05, 4.69) is 9.97 Å². The zero-order chi connectivity index (χ0) is 10.1. The highest BCUT2D eigenvalue weighted by Crippen LogP contribution is 2.33. The van der Waals surface area contributed by atoms with Gasteiger partial charge in [-0.1, -0.05) is 29.3 Å². The Morgan fingerprint density at radius 2 is 1.86 bits per heavy atom. The van der Waals surface area contributed by atoms with Crippen molar-refractivity contribution in [1.29, 1.82) is 0 Å². The number of aromatic nitrogens is 2. The second-order valence-corrected chi connectivity index (χ2v) is 3.59. The van der Waals surface area contributed by atoms with Crippen molar-refractivity contribution in [2.75, 3.05) is 5.73 Å². The Kier molecular flexibility index (Phi) is 2.35. The van der Waals surface area contributed by atoms with Crippen LogP contribution in [0.25, 0.3) is 11.3 Å². The fraction of sp³-hybridized carbons (Fsp3) is 0. The van der Waals surface area contributed by atoms with Crippen molar-refractivity contribution in [2.24, 2.45) is 0 Å². The van der Waals surface area contributed by atoms with E-state index in [1.54, 1.807) is 24.4 Å². The number of aromatic amines is 1. The lowest BCUT2D eigenvalue weighted by Crippen LogP contribution is -1.86. The summed E-state index contributed by atoms with van der Waals surface area (Å²) in [6, 6.07) is 5.31. The largest absolute Gasteiger partial charge is 0.369 e. The molecular formula is C9H7Cl2N3. The lowest BCUT2D eigenvalue weighted by atomic mass is 10.2. The second-order valence-electron chi connectivity index (χ2n) is 2.78. The number of hydrogen-bond acceptors (Lipinski definition) is 2. The van der Waals surface area contributed by atoms with Crippen molar-refractivity contribution in [2.45, 2.75) is 0 Å². The Morgan fingerprint density at radius 1 is 1.21 bits per heavy atom. The Balaban J connectivity index is 2.61. The Morgan fingerprint density at radius 3 is 2.36 bits per heavy atom. The maximum Gasteiger partial charge on any atom is 0.197 e. The third-order valence-electron chi connectivity index (χ3n) is 1.83. The summed E-state index contributed by atoms with van der Waals surface area (Å²) in [6.07, 6.45) is 1.60. The molecule has 1 heterocycles. The molecule has 2 aromatic rings. The second kappa shape index (κ2) is 3.52. The summed E-state index contributed by atoms with van der Waals surface area (Å²) >= 11 is 12.0. The molecule has 0 unspecified atom stereocenters. The van der Waals surface area contributed by atoms with Gasteiger partial charge in [0.25, 0.3) is 0 Å². The number of nitrogen functional groups attached to an aromatic ring is 1. The number of anilines is 1. The van der Waals surface area contributed by atoms with Crippen LogP contribution in [0.4, 0.5) is 5.95 Å². The first-order chi connectivity index (χ1) is 6.68. The molecule has 2 rings (SSSR count). The van der Waals surface area contributed by atoms with Crippen molar-refractivity contribution >= 4 is 29.2 Å². The van der Waals surface area contributed by atoms with Crippen LogP contribution in [0.15, 0.2) is 24.4 Å². The first kappa shape index (κ1) is 9.37. The van der Waals surface area contributed by atoms with Gasteiger partial charge in [-0.25, -0.2) is 4.98 Å². The number of nitrogens with zero attached hydrogens (tertiary/aromatic N) is 1. The van der Waals surface area contributed by atoms with Crippen LogP contribution in [-0.2, 0) is 0 Å². The fourth-order valence-corrected chi connectivity index (χ4v) is 1.82. The van der Waals surface area contributed by atoms with Gasteiger partial charge in [-0.2, -0.15) is 0 Å². The number of nitrogens with two attached hydrogens (primary N) is 1. The van der Waals surface area contributed by atoms with Crippen LogP contribution in [0.5, 0.6) is 0 Å². The fourth-order valence-electron chi connectivity index (χ4n) is 1.22. The summed E-state index contributed by atoms with van der Waals surface area (Å²) in [5.74, 6) is 0.344. The molecule has 0 aliphatic rings. The molecule has 3 nitrogen and oxygen atoms in total. The van der Waals surface area contributed by atoms with Gasteiger partial charge in [0.1, 0.15) is 0 Å². The quantitative estimate of drug-likeness (QED) is 0.788. The van der Waals surface area contributed by atoms with Crippen LogP contribution < -0.4 is 5.73 Å². The third-order valence-corrected chi connectivity index (χ3v) is 2.46. The summed E-state index contributed by atoms with van der Waals surface area (Å²) in [6.45, 7) is 0. The van der Waals surface area contributed by atoms with E-state index < -0.39 is 0 Å². The minimum Gasteiger partial charge on any atom is -0.369 e. The van der Waals surface area contributed by atoms with Gasteiger partial charge in [0, 0.05) is 5.56 Å². The van der Waals surface area contributed by atoms with Gasteiger partial charge in [0.05, 0.1) is 21.9 Å². The maximum atomic E-state index is 6.00. The van der Waals surface area contributed by atoms with Crippen molar-refractivity contribution < 1.29 is 0 Å². The molecule has 0 aliphatic carbocycles. The number of halogens is 2. The SMILES string of the molecule is Nc1ncc(-c2c(Cl)cccc2Cl)[nH]1. The number of hydrogen-bond donors (Lipinski definition) is 2. The van der Waals surface area contributed by atoms with E-state index in [1.807, 2.05) is 0 Å². The summed E-state index contributed by atoms with van der Waals surface area (Å²) < 4.78 is 0. The monoisotopic (exact) mass is 227 g/mol. The zero-order valence-electron chi connectivity index (χ0n) is 7.09. The zero-order valence-corrected chi connectivity index (χ0v) is 8.60. The van der Waals surface area contributed by atoms with Crippen LogP contribution >= 0.6 is 23.2 Å². The van der Waals surface area contributed by atoms with E-state index in [0.29, 0.717) is 16.0 Å². The summed E-state index contributed by atoms with van der Waals surface area (Å²) in [5, 5.41) is 1.14. The topological polar surface area (TPSA) is 54.7 Å². The Labute approximate surface area is 90.9 Å². The summed E-state index contributed by atoms with van der Waals surface area (Å²) in [7, 11) is 0. The highest BCUT2D eigenvalue weighted by Gasteiger charge is 2.09. The molecule has 5 heteroatoms. The van der Waals surface area contributed by atoms with E-state index in [0.717, 1.165) is 11.3 Å². The molecular weight excluding hydrogens is 221 g/mol. The molecule has 0 atom stereocenters. The van der Waals surface area contributed by atoms with Crippen molar-refractivity contribution in [1.82, 2.24) is 9.97 Å². The number of imidazole rings is 1. The molecule has 0 saturated carbocycles. The van der Waals surface area contributed by atoms with E-state index in [-0.39, 0.29) is 0 Å². The van der Waals surface area contributed by atoms with Gasteiger partial charge in [0.2, 0.25) is 0 Å². The lowest BCUT2D eigenvalue weighted by molar-refractivity contribution is 1.33.